The van der Waals surface area contributed by atoms with Crippen LogP contribution in [-0.2, 0) is 0 Å². The number of halogens is 2. The van der Waals surface area contributed by atoms with E-state index >= 15 is 0 Å². The molecule has 2 atom stereocenters. The minimum absolute atomic E-state index is 0.0806. The number of benzene rings is 2. The Kier molecular flexibility index (Phi) is 3.30. The summed E-state index contributed by atoms with van der Waals surface area (Å²) in [7, 11) is 0. The van der Waals surface area contributed by atoms with Gasteiger partial charge < -0.3 is 5.32 Å². The third-order valence-electron chi connectivity index (χ3n) is 3.75. The Morgan fingerprint density at radius 3 is 2.53 bits per heavy atom. The van der Waals surface area contributed by atoms with Crippen molar-refractivity contribution < 1.29 is 8.78 Å². The van der Waals surface area contributed by atoms with Crippen molar-refractivity contribution in [1.82, 2.24) is 5.32 Å². The van der Waals surface area contributed by atoms with Crippen molar-refractivity contribution in [3.05, 3.63) is 71.3 Å². The third kappa shape index (κ3) is 2.38. The zero-order valence-electron chi connectivity index (χ0n) is 10.4. The fourth-order valence-electron chi connectivity index (χ4n) is 2.84. The van der Waals surface area contributed by atoms with Crippen molar-refractivity contribution in [2.24, 2.45) is 0 Å². The van der Waals surface area contributed by atoms with Gasteiger partial charge in [-0.05, 0) is 24.6 Å². The number of rotatable bonds is 2. The average molecular weight is 259 g/mol. The van der Waals surface area contributed by atoms with Crippen molar-refractivity contribution in [1.29, 1.82) is 0 Å². The van der Waals surface area contributed by atoms with Gasteiger partial charge in [-0.1, -0.05) is 36.4 Å². The minimum Gasteiger partial charge on any atom is -0.309 e. The Balaban J connectivity index is 1.95. The Morgan fingerprint density at radius 2 is 1.79 bits per heavy atom. The van der Waals surface area contributed by atoms with Crippen LogP contribution in [0.1, 0.15) is 29.5 Å². The normalized spacial score (nSPS) is 22.6. The molecular formula is C16H15F2N. The SMILES string of the molecule is Fc1ccc(C2NCCC2c2ccccc2)c(F)c1. The van der Waals surface area contributed by atoms with Crippen LogP contribution >= 0.6 is 0 Å². The first-order valence-electron chi connectivity index (χ1n) is 6.49. The van der Waals surface area contributed by atoms with E-state index in [0.29, 0.717) is 5.56 Å². The van der Waals surface area contributed by atoms with Gasteiger partial charge in [0.15, 0.2) is 0 Å². The van der Waals surface area contributed by atoms with Gasteiger partial charge in [0.2, 0.25) is 0 Å². The molecule has 1 N–H and O–H groups in total. The van der Waals surface area contributed by atoms with E-state index in [1.54, 1.807) is 6.07 Å². The molecule has 0 bridgehead atoms. The molecule has 1 aliphatic rings. The molecule has 1 heterocycles. The first kappa shape index (κ1) is 12.3. The zero-order chi connectivity index (χ0) is 13.2. The lowest BCUT2D eigenvalue weighted by molar-refractivity contribution is 0.515. The molecular weight excluding hydrogens is 244 g/mol. The largest absolute Gasteiger partial charge is 0.309 e. The van der Waals surface area contributed by atoms with Gasteiger partial charge in [-0.2, -0.15) is 0 Å². The van der Waals surface area contributed by atoms with Gasteiger partial charge in [-0.15, -0.1) is 0 Å². The summed E-state index contributed by atoms with van der Waals surface area (Å²) in [5.74, 6) is -0.767. The topological polar surface area (TPSA) is 12.0 Å². The second-order valence-electron chi connectivity index (χ2n) is 4.90. The molecule has 1 aliphatic heterocycles. The number of hydrogen-bond donors (Lipinski definition) is 1. The smallest absolute Gasteiger partial charge is 0.130 e. The molecule has 98 valence electrons. The summed E-state index contributed by atoms with van der Waals surface area (Å²) < 4.78 is 26.9. The van der Waals surface area contributed by atoms with Crippen molar-refractivity contribution >= 4 is 0 Å². The van der Waals surface area contributed by atoms with Crippen LogP contribution in [-0.4, -0.2) is 6.54 Å². The second kappa shape index (κ2) is 5.10. The van der Waals surface area contributed by atoms with E-state index in [-0.39, 0.29) is 12.0 Å². The molecule has 3 rings (SSSR count). The highest BCUT2D eigenvalue weighted by molar-refractivity contribution is 5.30. The van der Waals surface area contributed by atoms with E-state index in [1.165, 1.54) is 11.6 Å². The highest BCUT2D eigenvalue weighted by Gasteiger charge is 2.31. The lowest BCUT2D eigenvalue weighted by Gasteiger charge is -2.21. The highest BCUT2D eigenvalue weighted by Crippen LogP contribution is 2.38. The van der Waals surface area contributed by atoms with Crippen LogP contribution in [0.15, 0.2) is 48.5 Å². The molecule has 1 saturated heterocycles. The van der Waals surface area contributed by atoms with Gasteiger partial charge in [0, 0.05) is 23.6 Å². The Bertz CT molecular complexity index is 568. The maximum absolute atomic E-state index is 13.9. The quantitative estimate of drug-likeness (QED) is 0.865. The van der Waals surface area contributed by atoms with Gasteiger partial charge in [0.25, 0.3) is 0 Å². The van der Waals surface area contributed by atoms with E-state index in [0.717, 1.165) is 19.0 Å². The van der Waals surface area contributed by atoms with Crippen LogP contribution in [0.4, 0.5) is 8.78 Å². The van der Waals surface area contributed by atoms with Crippen molar-refractivity contribution in [2.45, 2.75) is 18.4 Å². The monoisotopic (exact) mass is 259 g/mol. The van der Waals surface area contributed by atoms with Crippen LogP contribution in [0.5, 0.6) is 0 Å². The van der Waals surface area contributed by atoms with Gasteiger partial charge >= 0.3 is 0 Å². The molecule has 1 fully saturated rings. The number of nitrogens with one attached hydrogen (secondary N) is 1. The summed E-state index contributed by atoms with van der Waals surface area (Å²) in [4.78, 5) is 0. The average Bonchev–Trinajstić information content (AvgIpc) is 2.89. The third-order valence-corrected chi connectivity index (χ3v) is 3.75. The van der Waals surface area contributed by atoms with Crippen LogP contribution in [0.2, 0.25) is 0 Å². The van der Waals surface area contributed by atoms with Gasteiger partial charge in [-0.3, -0.25) is 0 Å². The van der Waals surface area contributed by atoms with E-state index in [2.05, 4.69) is 17.4 Å². The maximum atomic E-state index is 13.9. The first-order valence-corrected chi connectivity index (χ1v) is 6.49. The summed E-state index contributed by atoms with van der Waals surface area (Å²) >= 11 is 0. The fourth-order valence-corrected chi connectivity index (χ4v) is 2.84. The van der Waals surface area contributed by atoms with Crippen molar-refractivity contribution in [2.75, 3.05) is 6.54 Å². The summed E-state index contributed by atoms with van der Waals surface area (Å²) in [6.45, 7) is 0.848. The summed E-state index contributed by atoms with van der Waals surface area (Å²) in [6.07, 6.45) is 0.964. The van der Waals surface area contributed by atoms with Gasteiger partial charge in [0.05, 0.1) is 0 Å². The van der Waals surface area contributed by atoms with E-state index < -0.39 is 11.6 Å². The van der Waals surface area contributed by atoms with E-state index in [9.17, 15) is 8.78 Å². The fraction of sp³-hybridized carbons (Fsp3) is 0.250. The highest BCUT2D eigenvalue weighted by atomic mass is 19.1. The zero-order valence-corrected chi connectivity index (χ0v) is 10.4. The molecule has 3 heteroatoms. The molecule has 2 aromatic carbocycles. The predicted molar refractivity (Wildman–Crippen MR) is 70.9 cm³/mol. The lowest BCUT2D eigenvalue weighted by Crippen LogP contribution is -2.18. The molecule has 0 spiro atoms. The summed E-state index contributed by atoms with van der Waals surface area (Å²) in [5, 5.41) is 3.32. The summed E-state index contributed by atoms with van der Waals surface area (Å²) in [5.41, 5.74) is 1.74. The van der Waals surface area contributed by atoms with Crippen LogP contribution < -0.4 is 5.32 Å². The maximum Gasteiger partial charge on any atom is 0.130 e. The van der Waals surface area contributed by atoms with Gasteiger partial charge in [-0.25, -0.2) is 8.78 Å². The Labute approximate surface area is 111 Å². The molecule has 0 aromatic heterocycles. The van der Waals surface area contributed by atoms with Crippen LogP contribution in [0.3, 0.4) is 0 Å². The molecule has 0 radical (unpaired) electrons. The Hall–Kier alpha value is -1.74. The molecule has 0 amide bonds. The summed E-state index contributed by atoms with van der Waals surface area (Å²) in [6, 6.07) is 13.8. The molecule has 0 saturated carbocycles. The van der Waals surface area contributed by atoms with Crippen molar-refractivity contribution in [3.8, 4) is 0 Å². The van der Waals surface area contributed by atoms with E-state index in [4.69, 9.17) is 0 Å². The predicted octanol–water partition coefficient (Wildman–Crippen LogP) is 3.78. The minimum atomic E-state index is -0.532. The van der Waals surface area contributed by atoms with Crippen LogP contribution in [0.25, 0.3) is 0 Å². The van der Waals surface area contributed by atoms with Crippen molar-refractivity contribution in [3.63, 3.8) is 0 Å². The lowest BCUT2D eigenvalue weighted by atomic mass is 9.88. The first-order chi connectivity index (χ1) is 9.25. The molecule has 2 aromatic rings. The molecule has 0 aliphatic carbocycles. The molecule has 2 unspecified atom stereocenters. The Morgan fingerprint density at radius 1 is 1.00 bits per heavy atom. The van der Waals surface area contributed by atoms with Crippen LogP contribution in [0, 0.1) is 11.6 Å². The standard InChI is InChI=1S/C16H15F2N/c17-12-6-7-14(15(18)10-12)16-13(8-9-19-16)11-4-2-1-3-5-11/h1-7,10,13,16,19H,8-9H2. The van der Waals surface area contributed by atoms with E-state index in [1.807, 2.05) is 18.2 Å². The molecule has 19 heavy (non-hydrogen) atoms. The molecule has 1 nitrogen and oxygen atoms in total. The second-order valence-corrected chi connectivity index (χ2v) is 4.90. The number of hydrogen-bond acceptors (Lipinski definition) is 1. The van der Waals surface area contributed by atoms with Gasteiger partial charge in [0.1, 0.15) is 11.6 Å².